The number of hydrogen-bond acceptors (Lipinski definition) is 2. The van der Waals surface area contributed by atoms with Crippen LogP contribution in [0, 0.1) is 5.92 Å². The van der Waals surface area contributed by atoms with Gasteiger partial charge in [0.15, 0.2) is 0 Å². The molecule has 2 heteroatoms. The summed E-state index contributed by atoms with van der Waals surface area (Å²) in [5.41, 5.74) is 3.90. The van der Waals surface area contributed by atoms with Gasteiger partial charge in [0.1, 0.15) is 5.78 Å². The zero-order chi connectivity index (χ0) is 15.5. The van der Waals surface area contributed by atoms with Crippen molar-refractivity contribution >= 4 is 11.5 Å². The third-order valence-corrected chi connectivity index (χ3v) is 4.75. The molecule has 2 atom stereocenters. The third kappa shape index (κ3) is 2.66. The van der Waals surface area contributed by atoms with Crippen molar-refractivity contribution in [2.75, 3.05) is 11.4 Å². The molecule has 0 amide bonds. The van der Waals surface area contributed by atoms with Crippen LogP contribution in [-0.4, -0.2) is 12.3 Å². The van der Waals surface area contributed by atoms with Crippen molar-refractivity contribution in [3.8, 4) is 0 Å². The van der Waals surface area contributed by atoms with E-state index in [9.17, 15) is 4.79 Å². The van der Waals surface area contributed by atoms with Crippen LogP contribution in [0.1, 0.15) is 37.4 Å². The molecule has 0 fully saturated rings. The van der Waals surface area contributed by atoms with Crippen molar-refractivity contribution in [2.24, 2.45) is 5.92 Å². The van der Waals surface area contributed by atoms with Gasteiger partial charge in [-0.1, -0.05) is 56.3 Å². The molecular formula is C20H23NO. The second-order valence-corrected chi connectivity index (χ2v) is 6.03. The highest BCUT2D eigenvalue weighted by Crippen LogP contribution is 2.38. The van der Waals surface area contributed by atoms with Crippen LogP contribution in [0.25, 0.3) is 0 Å². The molecule has 0 saturated carbocycles. The highest BCUT2D eigenvalue weighted by atomic mass is 16.1. The summed E-state index contributed by atoms with van der Waals surface area (Å²) in [5, 5.41) is 0. The summed E-state index contributed by atoms with van der Waals surface area (Å²) in [4.78, 5) is 14.8. The fourth-order valence-corrected chi connectivity index (χ4v) is 3.54. The Morgan fingerprint density at radius 1 is 1.14 bits per heavy atom. The summed E-state index contributed by atoms with van der Waals surface area (Å²) in [7, 11) is 0. The second kappa shape index (κ2) is 6.35. The molecule has 3 rings (SSSR count). The number of carbonyl (C=O) groups excluding carboxylic acids is 1. The lowest BCUT2D eigenvalue weighted by Crippen LogP contribution is -2.41. The molecule has 2 aromatic rings. The molecule has 1 aliphatic heterocycles. The van der Waals surface area contributed by atoms with Crippen molar-refractivity contribution in [1.29, 1.82) is 0 Å². The first-order chi connectivity index (χ1) is 10.7. The Hall–Kier alpha value is -2.09. The van der Waals surface area contributed by atoms with Crippen molar-refractivity contribution in [3.05, 3.63) is 65.7 Å². The van der Waals surface area contributed by atoms with E-state index in [-0.39, 0.29) is 12.0 Å². The van der Waals surface area contributed by atoms with Gasteiger partial charge in [0.25, 0.3) is 0 Å². The minimum absolute atomic E-state index is 0.00616. The maximum absolute atomic E-state index is 12.4. The molecule has 0 radical (unpaired) electrons. The Labute approximate surface area is 132 Å². The van der Waals surface area contributed by atoms with Gasteiger partial charge in [-0.2, -0.15) is 0 Å². The zero-order valence-corrected chi connectivity index (χ0v) is 13.3. The molecule has 22 heavy (non-hydrogen) atoms. The number of nitrogens with zero attached hydrogens (tertiary/aromatic N) is 1. The standard InChI is InChI=1S/C20H23NO/c1-3-19(22)15(2)20-18-12-8-7-9-16(18)13-14-21(20)17-10-5-4-6-11-17/h4-12,15,20H,3,13-14H2,1-2H3. The lowest BCUT2D eigenvalue weighted by atomic mass is 9.82. The summed E-state index contributed by atoms with van der Waals surface area (Å²) in [6.45, 7) is 5.00. The highest BCUT2D eigenvalue weighted by Gasteiger charge is 2.34. The Kier molecular flexibility index (Phi) is 4.28. The molecule has 0 aromatic heterocycles. The molecule has 2 aromatic carbocycles. The molecule has 0 saturated heterocycles. The average Bonchev–Trinajstić information content (AvgIpc) is 2.60. The van der Waals surface area contributed by atoms with Crippen molar-refractivity contribution in [1.82, 2.24) is 0 Å². The van der Waals surface area contributed by atoms with E-state index in [0.29, 0.717) is 12.2 Å². The van der Waals surface area contributed by atoms with Crippen LogP contribution in [-0.2, 0) is 11.2 Å². The van der Waals surface area contributed by atoms with E-state index in [0.717, 1.165) is 13.0 Å². The lowest BCUT2D eigenvalue weighted by molar-refractivity contribution is -0.122. The molecule has 0 aliphatic carbocycles. The number of rotatable bonds is 4. The van der Waals surface area contributed by atoms with Crippen LogP contribution in [0.2, 0.25) is 0 Å². The number of benzene rings is 2. The topological polar surface area (TPSA) is 20.3 Å². The fourth-order valence-electron chi connectivity index (χ4n) is 3.54. The summed E-state index contributed by atoms with van der Waals surface area (Å²) in [6, 6.07) is 19.2. The number of ketones is 1. The van der Waals surface area contributed by atoms with E-state index in [1.165, 1.54) is 16.8 Å². The Bertz CT molecular complexity index is 650. The van der Waals surface area contributed by atoms with Gasteiger partial charge >= 0.3 is 0 Å². The molecule has 2 unspecified atom stereocenters. The predicted octanol–water partition coefficient (Wildman–Crippen LogP) is 4.41. The van der Waals surface area contributed by atoms with Crippen LogP contribution in [0.5, 0.6) is 0 Å². The normalized spacial score (nSPS) is 18.6. The number of Topliss-reactive ketones (excluding diaryl/α,β-unsaturated/α-hetero) is 1. The fraction of sp³-hybridized carbons (Fsp3) is 0.350. The largest absolute Gasteiger partial charge is 0.363 e. The predicted molar refractivity (Wildman–Crippen MR) is 91.1 cm³/mol. The molecule has 0 N–H and O–H groups in total. The molecule has 2 nitrogen and oxygen atoms in total. The van der Waals surface area contributed by atoms with E-state index < -0.39 is 0 Å². The van der Waals surface area contributed by atoms with Gasteiger partial charge in [0, 0.05) is 24.6 Å². The number of fused-ring (bicyclic) bond motifs is 1. The minimum atomic E-state index is 0.00616. The monoisotopic (exact) mass is 293 g/mol. The van der Waals surface area contributed by atoms with E-state index in [1.54, 1.807) is 0 Å². The van der Waals surface area contributed by atoms with E-state index in [4.69, 9.17) is 0 Å². The molecule has 0 spiro atoms. The average molecular weight is 293 g/mol. The van der Waals surface area contributed by atoms with Gasteiger partial charge in [0.05, 0.1) is 6.04 Å². The SMILES string of the molecule is CCC(=O)C(C)C1c2ccccc2CCN1c1ccccc1. The summed E-state index contributed by atoms with van der Waals surface area (Å²) < 4.78 is 0. The first-order valence-corrected chi connectivity index (χ1v) is 8.14. The van der Waals surface area contributed by atoms with E-state index in [2.05, 4.69) is 60.4 Å². The van der Waals surface area contributed by atoms with Gasteiger partial charge in [0.2, 0.25) is 0 Å². The molecule has 1 aliphatic rings. The molecule has 1 heterocycles. The number of hydrogen-bond donors (Lipinski definition) is 0. The van der Waals surface area contributed by atoms with E-state index in [1.807, 2.05) is 13.0 Å². The quantitative estimate of drug-likeness (QED) is 0.832. The first-order valence-electron chi connectivity index (χ1n) is 8.14. The number of anilines is 1. The van der Waals surface area contributed by atoms with Crippen LogP contribution in [0.3, 0.4) is 0 Å². The Morgan fingerprint density at radius 3 is 2.55 bits per heavy atom. The van der Waals surface area contributed by atoms with Crippen LogP contribution >= 0.6 is 0 Å². The summed E-state index contributed by atoms with van der Waals surface area (Å²) >= 11 is 0. The van der Waals surface area contributed by atoms with Crippen LogP contribution < -0.4 is 4.90 Å². The van der Waals surface area contributed by atoms with Gasteiger partial charge in [-0.15, -0.1) is 0 Å². The minimum Gasteiger partial charge on any atom is -0.363 e. The van der Waals surface area contributed by atoms with Crippen molar-refractivity contribution < 1.29 is 4.79 Å². The maximum atomic E-state index is 12.4. The second-order valence-electron chi connectivity index (χ2n) is 6.03. The van der Waals surface area contributed by atoms with E-state index >= 15 is 0 Å². The Morgan fingerprint density at radius 2 is 1.82 bits per heavy atom. The van der Waals surface area contributed by atoms with Crippen LogP contribution in [0.4, 0.5) is 5.69 Å². The van der Waals surface area contributed by atoms with Gasteiger partial charge in [-0.3, -0.25) is 4.79 Å². The van der Waals surface area contributed by atoms with Gasteiger partial charge in [-0.25, -0.2) is 0 Å². The van der Waals surface area contributed by atoms with Crippen molar-refractivity contribution in [3.63, 3.8) is 0 Å². The Balaban J connectivity index is 2.05. The number of carbonyl (C=O) groups is 1. The first kappa shape index (κ1) is 14.8. The van der Waals surface area contributed by atoms with Gasteiger partial charge in [-0.05, 0) is 29.7 Å². The lowest BCUT2D eigenvalue weighted by Gasteiger charge is -2.41. The molecule has 0 bridgehead atoms. The van der Waals surface area contributed by atoms with Gasteiger partial charge < -0.3 is 4.90 Å². The summed E-state index contributed by atoms with van der Waals surface area (Å²) in [5.74, 6) is 0.342. The summed E-state index contributed by atoms with van der Waals surface area (Å²) in [6.07, 6.45) is 1.64. The smallest absolute Gasteiger partial charge is 0.137 e. The van der Waals surface area contributed by atoms with Crippen molar-refractivity contribution in [2.45, 2.75) is 32.7 Å². The third-order valence-electron chi connectivity index (χ3n) is 4.75. The maximum Gasteiger partial charge on any atom is 0.137 e. The zero-order valence-electron chi connectivity index (χ0n) is 13.3. The highest BCUT2D eigenvalue weighted by molar-refractivity contribution is 5.82. The molecular weight excluding hydrogens is 270 g/mol. The molecule has 114 valence electrons. The number of para-hydroxylation sites is 1. The van der Waals surface area contributed by atoms with Crippen LogP contribution in [0.15, 0.2) is 54.6 Å².